The van der Waals surface area contributed by atoms with E-state index in [1.54, 1.807) is 19.1 Å². The Hall–Kier alpha value is -1.60. The van der Waals surface area contributed by atoms with Crippen molar-refractivity contribution in [2.75, 3.05) is 7.11 Å². The summed E-state index contributed by atoms with van der Waals surface area (Å²) in [5.74, 6) is -0.101. The van der Waals surface area contributed by atoms with Crippen molar-refractivity contribution in [1.82, 2.24) is 10.0 Å². The number of hydrogen-bond acceptors (Lipinski definition) is 4. The second-order valence-electron chi connectivity index (χ2n) is 5.70. The van der Waals surface area contributed by atoms with Crippen LogP contribution < -0.4 is 14.8 Å². The number of aryl methyl sites for hydroxylation is 1. The standard InChI is InChI=1S/C16H26N2O4S/c1-6-7-12(3)17-16(19)13(4)18-23(20,21)15-10-11(2)8-9-14(15)22-5/h8-10,12-13,18H,6-7H2,1-5H3,(H,17,19)/t12-,13+/m0/s1. The van der Waals surface area contributed by atoms with Gasteiger partial charge in [0, 0.05) is 6.04 Å². The first-order valence-electron chi connectivity index (χ1n) is 7.68. The highest BCUT2D eigenvalue weighted by Crippen LogP contribution is 2.24. The number of benzene rings is 1. The van der Waals surface area contributed by atoms with Crippen LogP contribution in [0, 0.1) is 6.92 Å². The number of amides is 1. The molecule has 1 aromatic carbocycles. The van der Waals surface area contributed by atoms with Gasteiger partial charge in [0.1, 0.15) is 10.6 Å². The third-order valence-corrected chi connectivity index (χ3v) is 5.01. The quantitative estimate of drug-likeness (QED) is 0.756. The highest BCUT2D eigenvalue weighted by molar-refractivity contribution is 7.89. The van der Waals surface area contributed by atoms with Crippen molar-refractivity contribution in [2.45, 2.75) is 57.5 Å². The highest BCUT2D eigenvalue weighted by atomic mass is 32.2. The second kappa shape index (κ2) is 8.31. The van der Waals surface area contributed by atoms with Gasteiger partial charge in [-0.2, -0.15) is 4.72 Å². The average Bonchev–Trinajstić information content (AvgIpc) is 2.46. The molecule has 7 heteroatoms. The Bertz CT molecular complexity index is 643. The second-order valence-corrected chi connectivity index (χ2v) is 7.38. The van der Waals surface area contributed by atoms with E-state index >= 15 is 0 Å². The fourth-order valence-corrected chi connectivity index (χ4v) is 3.67. The first-order valence-corrected chi connectivity index (χ1v) is 9.17. The van der Waals surface area contributed by atoms with Crippen LogP contribution in [-0.4, -0.2) is 33.5 Å². The van der Waals surface area contributed by atoms with Crippen LogP contribution in [0.15, 0.2) is 23.1 Å². The molecule has 0 aliphatic rings. The molecular formula is C16H26N2O4S. The summed E-state index contributed by atoms with van der Waals surface area (Å²) in [6.45, 7) is 7.24. The van der Waals surface area contributed by atoms with E-state index in [2.05, 4.69) is 10.0 Å². The average molecular weight is 342 g/mol. The molecule has 0 aromatic heterocycles. The van der Waals surface area contributed by atoms with Crippen LogP contribution in [0.2, 0.25) is 0 Å². The van der Waals surface area contributed by atoms with Crippen molar-refractivity contribution in [3.63, 3.8) is 0 Å². The molecule has 1 rings (SSSR count). The third-order valence-electron chi connectivity index (χ3n) is 3.44. The summed E-state index contributed by atoms with van der Waals surface area (Å²) in [6.07, 6.45) is 1.79. The van der Waals surface area contributed by atoms with Gasteiger partial charge in [0.25, 0.3) is 0 Å². The number of sulfonamides is 1. The van der Waals surface area contributed by atoms with E-state index in [9.17, 15) is 13.2 Å². The van der Waals surface area contributed by atoms with Crippen molar-refractivity contribution in [3.8, 4) is 5.75 Å². The lowest BCUT2D eigenvalue weighted by molar-refractivity contribution is -0.123. The largest absolute Gasteiger partial charge is 0.495 e. The zero-order valence-corrected chi connectivity index (χ0v) is 15.2. The number of ether oxygens (including phenoxy) is 1. The van der Waals surface area contributed by atoms with Gasteiger partial charge in [-0.05, 0) is 44.9 Å². The molecule has 0 heterocycles. The number of methoxy groups -OCH3 is 1. The van der Waals surface area contributed by atoms with Gasteiger partial charge in [-0.1, -0.05) is 19.4 Å². The van der Waals surface area contributed by atoms with Crippen LogP contribution in [-0.2, 0) is 14.8 Å². The molecular weight excluding hydrogens is 316 g/mol. The van der Waals surface area contributed by atoms with E-state index in [0.29, 0.717) is 0 Å². The molecule has 0 aliphatic carbocycles. The zero-order valence-electron chi connectivity index (χ0n) is 14.3. The summed E-state index contributed by atoms with van der Waals surface area (Å²) < 4.78 is 32.5. The summed E-state index contributed by atoms with van der Waals surface area (Å²) in [5.41, 5.74) is 0.792. The first kappa shape index (κ1) is 19.4. The molecule has 2 atom stereocenters. The van der Waals surface area contributed by atoms with Crippen molar-refractivity contribution < 1.29 is 17.9 Å². The van der Waals surface area contributed by atoms with Crippen LogP contribution in [0.3, 0.4) is 0 Å². The molecule has 0 unspecified atom stereocenters. The minimum absolute atomic E-state index is 0.00737. The SMILES string of the molecule is CCC[C@H](C)NC(=O)[C@@H](C)NS(=O)(=O)c1cc(C)ccc1OC. The van der Waals surface area contributed by atoms with Crippen LogP contribution in [0.5, 0.6) is 5.75 Å². The Morgan fingerprint density at radius 1 is 1.30 bits per heavy atom. The van der Waals surface area contributed by atoms with Crippen molar-refractivity contribution in [1.29, 1.82) is 0 Å². The number of rotatable bonds is 8. The monoisotopic (exact) mass is 342 g/mol. The Balaban J connectivity index is 2.90. The predicted molar refractivity (Wildman–Crippen MR) is 90.0 cm³/mol. The van der Waals surface area contributed by atoms with Gasteiger partial charge >= 0.3 is 0 Å². The Morgan fingerprint density at radius 2 is 1.96 bits per heavy atom. The predicted octanol–water partition coefficient (Wildman–Crippen LogP) is 1.98. The highest BCUT2D eigenvalue weighted by Gasteiger charge is 2.25. The molecule has 23 heavy (non-hydrogen) atoms. The number of nitrogens with one attached hydrogen (secondary N) is 2. The van der Waals surface area contributed by atoms with E-state index in [0.717, 1.165) is 18.4 Å². The molecule has 1 aromatic rings. The topological polar surface area (TPSA) is 84.5 Å². The van der Waals surface area contributed by atoms with Crippen LogP contribution in [0.1, 0.15) is 39.2 Å². The van der Waals surface area contributed by atoms with Gasteiger partial charge in [-0.25, -0.2) is 8.42 Å². The molecule has 1 amide bonds. The molecule has 0 radical (unpaired) electrons. The normalized spacial score (nSPS) is 14.1. The van der Waals surface area contributed by atoms with E-state index < -0.39 is 16.1 Å². The van der Waals surface area contributed by atoms with Gasteiger partial charge in [0.15, 0.2) is 0 Å². The summed E-state index contributed by atoms with van der Waals surface area (Å²) >= 11 is 0. The zero-order chi connectivity index (χ0) is 17.6. The lowest BCUT2D eigenvalue weighted by Gasteiger charge is -2.19. The number of carbonyl (C=O) groups is 1. The van der Waals surface area contributed by atoms with E-state index in [1.807, 2.05) is 13.8 Å². The Kier molecular flexibility index (Phi) is 7.02. The minimum atomic E-state index is -3.85. The maximum Gasteiger partial charge on any atom is 0.244 e. The third kappa shape index (κ3) is 5.51. The molecule has 130 valence electrons. The summed E-state index contributed by atoms with van der Waals surface area (Å²) in [4.78, 5) is 12.1. The molecule has 0 fully saturated rings. The van der Waals surface area contributed by atoms with Crippen molar-refractivity contribution in [3.05, 3.63) is 23.8 Å². The molecule has 6 nitrogen and oxygen atoms in total. The van der Waals surface area contributed by atoms with E-state index in [-0.39, 0.29) is 22.6 Å². The summed E-state index contributed by atoms with van der Waals surface area (Å²) in [6, 6.07) is 4.02. The molecule has 2 N–H and O–H groups in total. The van der Waals surface area contributed by atoms with Gasteiger partial charge in [-0.3, -0.25) is 4.79 Å². The maximum atomic E-state index is 12.5. The molecule has 0 saturated carbocycles. The summed E-state index contributed by atoms with van der Waals surface area (Å²) in [5, 5.41) is 2.80. The summed E-state index contributed by atoms with van der Waals surface area (Å²) in [7, 11) is -2.44. The van der Waals surface area contributed by atoms with Gasteiger partial charge in [-0.15, -0.1) is 0 Å². The van der Waals surface area contributed by atoms with Crippen molar-refractivity contribution >= 4 is 15.9 Å². The Labute approximate surface area is 138 Å². The van der Waals surface area contributed by atoms with Gasteiger partial charge in [0.05, 0.1) is 13.2 Å². The smallest absolute Gasteiger partial charge is 0.244 e. The lowest BCUT2D eigenvalue weighted by Crippen LogP contribution is -2.47. The molecule has 0 spiro atoms. The lowest BCUT2D eigenvalue weighted by atomic mass is 10.2. The van der Waals surface area contributed by atoms with Crippen LogP contribution >= 0.6 is 0 Å². The van der Waals surface area contributed by atoms with E-state index in [1.165, 1.54) is 20.1 Å². The Morgan fingerprint density at radius 3 is 2.52 bits per heavy atom. The van der Waals surface area contributed by atoms with E-state index in [4.69, 9.17) is 4.74 Å². The minimum Gasteiger partial charge on any atom is -0.495 e. The fraction of sp³-hybridized carbons (Fsp3) is 0.562. The molecule has 0 aliphatic heterocycles. The number of carbonyl (C=O) groups excluding carboxylic acids is 1. The fourth-order valence-electron chi connectivity index (χ4n) is 2.22. The van der Waals surface area contributed by atoms with Crippen LogP contribution in [0.4, 0.5) is 0 Å². The van der Waals surface area contributed by atoms with Gasteiger partial charge < -0.3 is 10.1 Å². The van der Waals surface area contributed by atoms with Crippen LogP contribution in [0.25, 0.3) is 0 Å². The van der Waals surface area contributed by atoms with Gasteiger partial charge in [0.2, 0.25) is 15.9 Å². The molecule has 0 saturated heterocycles. The molecule has 0 bridgehead atoms. The van der Waals surface area contributed by atoms with Crippen molar-refractivity contribution in [2.24, 2.45) is 0 Å². The number of hydrogen-bond donors (Lipinski definition) is 2. The maximum absolute atomic E-state index is 12.5. The first-order chi connectivity index (χ1) is 10.7.